The molecule has 0 bridgehead atoms. The van der Waals surface area contributed by atoms with Crippen molar-refractivity contribution in [2.75, 3.05) is 33.3 Å². The van der Waals surface area contributed by atoms with Gasteiger partial charge in [-0.3, -0.25) is 4.98 Å². The quantitative estimate of drug-likeness (QED) is 0.715. The van der Waals surface area contributed by atoms with Crippen molar-refractivity contribution in [3.63, 3.8) is 0 Å². The van der Waals surface area contributed by atoms with Gasteiger partial charge in [0.1, 0.15) is 5.75 Å². The fraction of sp³-hybridized carbons (Fsp3) is 0.643. The molecule has 0 spiro atoms. The Bertz CT molecular complexity index is 351. The first-order valence-electron chi connectivity index (χ1n) is 6.64. The van der Waals surface area contributed by atoms with Gasteiger partial charge in [-0.15, -0.1) is 0 Å². The van der Waals surface area contributed by atoms with Crippen LogP contribution in [0, 0.1) is 6.92 Å². The Hall–Kier alpha value is -1.13. The lowest BCUT2D eigenvalue weighted by Gasteiger charge is -2.18. The van der Waals surface area contributed by atoms with Crippen molar-refractivity contribution >= 4 is 0 Å². The lowest BCUT2D eigenvalue weighted by atomic mass is 10.3. The number of pyridine rings is 1. The minimum Gasteiger partial charge on any atom is -0.497 e. The molecule has 0 unspecified atom stereocenters. The number of nitrogens with one attached hydrogen (secondary N) is 1. The van der Waals surface area contributed by atoms with Gasteiger partial charge < -0.3 is 15.0 Å². The van der Waals surface area contributed by atoms with Gasteiger partial charge >= 0.3 is 0 Å². The molecule has 0 fully saturated rings. The van der Waals surface area contributed by atoms with Gasteiger partial charge in [-0.05, 0) is 20.0 Å². The van der Waals surface area contributed by atoms with E-state index in [2.05, 4.69) is 29.0 Å². The van der Waals surface area contributed by atoms with Gasteiger partial charge in [-0.25, -0.2) is 0 Å². The number of aryl methyl sites for hydroxylation is 1. The van der Waals surface area contributed by atoms with Gasteiger partial charge in [-0.2, -0.15) is 0 Å². The summed E-state index contributed by atoms with van der Waals surface area (Å²) in [4.78, 5) is 6.88. The molecule has 0 aliphatic rings. The zero-order valence-corrected chi connectivity index (χ0v) is 12.0. The number of rotatable bonds is 8. The zero-order chi connectivity index (χ0) is 13.4. The second-order valence-electron chi connectivity index (χ2n) is 4.34. The van der Waals surface area contributed by atoms with Crippen molar-refractivity contribution in [1.82, 2.24) is 15.2 Å². The highest BCUT2D eigenvalue weighted by Gasteiger charge is 2.01. The van der Waals surface area contributed by atoms with Crippen LogP contribution in [0.15, 0.2) is 12.1 Å². The third-order valence-electron chi connectivity index (χ3n) is 3.02. The summed E-state index contributed by atoms with van der Waals surface area (Å²) < 4.78 is 5.24. The van der Waals surface area contributed by atoms with Crippen molar-refractivity contribution in [2.24, 2.45) is 0 Å². The highest BCUT2D eigenvalue weighted by atomic mass is 16.5. The maximum absolute atomic E-state index is 5.24. The minimum absolute atomic E-state index is 0.791. The van der Waals surface area contributed by atoms with Gasteiger partial charge in [0.25, 0.3) is 0 Å². The maximum atomic E-state index is 5.24. The molecule has 0 aliphatic heterocycles. The molecular formula is C14H25N3O. The first-order valence-corrected chi connectivity index (χ1v) is 6.64. The van der Waals surface area contributed by atoms with Gasteiger partial charge in [-0.1, -0.05) is 13.8 Å². The molecule has 4 heteroatoms. The zero-order valence-electron chi connectivity index (χ0n) is 12.0. The van der Waals surface area contributed by atoms with E-state index in [1.807, 2.05) is 19.1 Å². The average molecular weight is 251 g/mol. The van der Waals surface area contributed by atoms with Crippen molar-refractivity contribution in [1.29, 1.82) is 0 Å². The number of ether oxygens (including phenoxy) is 1. The molecule has 1 N–H and O–H groups in total. The fourth-order valence-corrected chi connectivity index (χ4v) is 1.90. The Morgan fingerprint density at radius 1 is 1.28 bits per heavy atom. The molecule has 0 saturated heterocycles. The topological polar surface area (TPSA) is 37.4 Å². The number of nitrogens with zero attached hydrogens (tertiary/aromatic N) is 2. The molecule has 0 aromatic carbocycles. The second-order valence-corrected chi connectivity index (χ2v) is 4.34. The molecule has 1 heterocycles. The number of aromatic nitrogens is 1. The Kier molecular flexibility index (Phi) is 6.68. The van der Waals surface area contributed by atoms with E-state index < -0.39 is 0 Å². The summed E-state index contributed by atoms with van der Waals surface area (Å²) >= 11 is 0. The van der Waals surface area contributed by atoms with Crippen LogP contribution in [-0.4, -0.2) is 43.2 Å². The summed E-state index contributed by atoms with van der Waals surface area (Å²) in [5, 5.41) is 3.42. The van der Waals surface area contributed by atoms with Crippen LogP contribution in [0.4, 0.5) is 0 Å². The molecule has 1 aromatic rings. The minimum atomic E-state index is 0.791. The molecule has 1 rings (SSSR count). The summed E-state index contributed by atoms with van der Waals surface area (Å²) in [7, 11) is 1.69. The first kappa shape index (κ1) is 14.9. The van der Waals surface area contributed by atoms with Crippen LogP contribution in [0.25, 0.3) is 0 Å². The molecule has 102 valence electrons. The Morgan fingerprint density at radius 2 is 2.00 bits per heavy atom. The van der Waals surface area contributed by atoms with E-state index in [0.29, 0.717) is 0 Å². The predicted octanol–water partition coefficient (Wildman–Crippen LogP) is 1.83. The molecule has 0 aliphatic carbocycles. The summed E-state index contributed by atoms with van der Waals surface area (Å²) in [6, 6.07) is 3.93. The Balaban J connectivity index is 2.37. The highest BCUT2D eigenvalue weighted by Crippen LogP contribution is 2.12. The van der Waals surface area contributed by atoms with Crippen LogP contribution in [0.2, 0.25) is 0 Å². The molecule has 0 amide bonds. The van der Waals surface area contributed by atoms with Crippen molar-refractivity contribution < 1.29 is 4.74 Å². The maximum Gasteiger partial charge on any atom is 0.122 e. The van der Waals surface area contributed by atoms with Gasteiger partial charge in [0, 0.05) is 37.5 Å². The molecule has 0 saturated carbocycles. The number of hydrogen-bond donors (Lipinski definition) is 1. The van der Waals surface area contributed by atoms with Crippen molar-refractivity contribution in [3.8, 4) is 5.75 Å². The third-order valence-corrected chi connectivity index (χ3v) is 3.02. The van der Waals surface area contributed by atoms with Crippen LogP contribution in [0.1, 0.15) is 25.2 Å². The van der Waals surface area contributed by atoms with E-state index >= 15 is 0 Å². The summed E-state index contributed by atoms with van der Waals surface area (Å²) in [5.41, 5.74) is 2.03. The van der Waals surface area contributed by atoms with Crippen LogP contribution >= 0.6 is 0 Å². The van der Waals surface area contributed by atoms with Gasteiger partial charge in [0.05, 0.1) is 12.8 Å². The Morgan fingerprint density at radius 3 is 2.61 bits per heavy atom. The van der Waals surface area contributed by atoms with Gasteiger partial charge in [0.15, 0.2) is 0 Å². The van der Waals surface area contributed by atoms with Crippen molar-refractivity contribution in [2.45, 2.75) is 27.3 Å². The van der Waals surface area contributed by atoms with Crippen LogP contribution < -0.4 is 10.1 Å². The van der Waals surface area contributed by atoms with E-state index in [0.717, 1.165) is 49.9 Å². The van der Waals surface area contributed by atoms with E-state index in [1.54, 1.807) is 7.11 Å². The number of likely N-dealkylation sites (N-methyl/N-ethyl adjacent to an activating group) is 1. The predicted molar refractivity (Wildman–Crippen MR) is 75.0 cm³/mol. The normalized spacial score (nSPS) is 10.9. The van der Waals surface area contributed by atoms with E-state index in [1.165, 1.54) is 0 Å². The van der Waals surface area contributed by atoms with E-state index in [9.17, 15) is 0 Å². The highest BCUT2D eigenvalue weighted by molar-refractivity contribution is 5.26. The molecule has 0 atom stereocenters. The van der Waals surface area contributed by atoms with E-state index in [4.69, 9.17) is 4.74 Å². The number of methoxy groups -OCH3 is 1. The lowest BCUT2D eigenvalue weighted by Crippen LogP contribution is -2.31. The summed E-state index contributed by atoms with van der Waals surface area (Å²) in [6.45, 7) is 11.4. The SMILES string of the molecule is CCN(CC)CCNCc1cc(OC)cc(C)n1. The smallest absolute Gasteiger partial charge is 0.122 e. The first-order chi connectivity index (χ1) is 8.69. The van der Waals surface area contributed by atoms with E-state index in [-0.39, 0.29) is 0 Å². The number of hydrogen-bond acceptors (Lipinski definition) is 4. The lowest BCUT2D eigenvalue weighted by molar-refractivity contribution is 0.302. The van der Waals surface area contributed by atoms with Crippen LogP contribution in [0.5, 0.6) is 5.75 Å². The Labute approximate surface area is 110 Å². The monoisotopic (exact) mass is 251 g/mol. The summed E-state index contributed by atoms with van der Waals surface area (Å²) in [6.07, 6.45) is 0. The third kappa shape index (κ3) is 5.02. The average Bonchev–Trinajstić information content (AvgIpc) is 2.38. The molecule has 4 nitrogen and oxygen atoms in total. The molecular weight excluding hydrogens is 226 g/mol. The fourth-order valence-electron chi connectivity index (χ4n) is 1.90. The molecule has 1 aromatic heterocycles. The molecule has 18 heavy (non-hydrogen) atoms. The van der Waals surface area contributed by atoms with Gasteiger partial charge in [0.2, 0.25) is 0 Å². The largest absolute Gasteiger partial charge is 0.497 e. The second kappa shape index (κ2) is 8.06. The van der Waals surface area contributed by atoms with Crippen LogP contribution in [-0.2, 0) is 6.54 Å². The van der Waals surface area contributed by atoms with Crippen molar-refractivity contribution in [3.05, 3.63) is 23.5 Å². The summed E-state index contributed by atoms with van der Waals surface area (Å²) in [5.74, 6) is 0.878. The standard InChI is InChI=1S/C14H25N3O/c1-5-17(6-2)8-7-15-11-13-10-14(18-4)9-12(3)16-13/h9-10,15H,5-8,11H2,1-4H3. The van der Waals surface area contributed by atoms with Crippen LogP contribution in [0.3, 0.4) is 0 Å². The molecule has 0 radical (unpaired) electrons.